The standard InChI is InChI=1S/C18H14ClF3N4/c19-11-17(23)24-13-8-6-12(7-9-13)15-10-16(18(20,21)22)25-26(15)14-4-2-1-3-5-14/h1-10H,11H2,(H2,23,24). The Morgan fingerprint density at radius 3 is 2.31 bits per heavy atom. The highest BCUT2D eigenvalue weighted by Gasteiger charge is 2.35. The van der Waals surface area contributed by atoms with Crippen LogP contribution in [0.15, 0.2) is 65.7 Å². The molecule has 0 radical (unpaired) electrons. The molecule has 0 bridgehead atoms. The van der Waals surface area contributed by atoms with Gasteiger partial charge >= 0.3 is 6.18 Å². The van der Waals surface area contributed by atoms with E-state index in [9.17, 15) is 13.2 Å². The van der Waals surface area contributed by atoms with E-state index in [1.54, 1.807) is 54.6 Å². The molecular weight excluding hydrogens is 365 g/mol. The van der Waals surface area contributed by atoms with Crippen molar-refractivity contribution >= 4 is 23.1 Å². The molecule has 0 unspecified atom stereocenters. The third-order valence-corrected chi connectivity index (χ3v) is 3.85. The normalized spacial score (nSPS) is 12.4. The molecule has 134 valence electrons. The highest BCUT2D eigenvalue weighted by Crippen LogP contribution is 2.33. The number of hydrogen-bond donors (Lipinski definition) is 1. The maximum Gasteiger partial charge on any atom is 0.435 e. The van der Waals surface area contributed by atoms with Crippen molar-refractivity contribution in [3.63, 3.8) is 0 Å². The molecule has 3 aromatic rings. The zero-order valence-corrected chi connectivity index (χ0v) is 14.2. The summed E-state index contributed by atoms with van der Waals surface area (Å²) in [5, 5.41) is 3.74. The zero-order chi connectivity index (χ0) is 18.7. The van der Waals surface area contributed by atoms with E-state index in [0.717, 1.165) is 6.07 Å². The number of benzene rings is 2. The SMILES string of the molecule is NC(CCl)=Nc1ccc(-c2cc(C(F)(F)F)nn2-c2ccccc2)cc1. The summed E-state index contributed by atoms with van der Waals surface area (Å²) in [7, 11) is 0. The van der Waals surface area contributed by atoms with Crippen molar-refractivity contribution in [2.24, 2.45) is 10.7 Å². The number of nitrogens with zero attached hydrogens (tertiary/aromatic N) is 3. The number of amidine groups is 1. The van der Waals surface area contributed by atoms with Gasteiger partial charge < -0.3 is 5.73 Å². The van der Waals surface area contributed by atoms with E-state index in [-0.39, 0.29) is 11.7 Å². The molecule has 0 aliphatic carbocycles. The summed E-state index contributed by atoms with van der Waals surface area (Å²) in [6.45, 7) is 0. The molecule has 1 aromatic heterocycles. The molecule has 1 heterocycles. The number of aromatic nitrogens is 2. The number of alkyl halides is 4. The van der Waals surface area contributed by atoms with Crippen molar-refractivity contribution in [2.45, 2.75) is 6.18 Å². The van der Waals surface area contributed by atoms with E-state index in [4.69, 9.17) is 17.3 Å². The van der Waals surface area contributed by atoms with Gasteiger partial charge in [-0.15, -0.1) is 11.6 Å². The van der Waals surface area contributed by atoms with Crippen LogP contribution in [-0.2, 0) is 6.18 Å². The highest BCUT2D eigenvalue weighted by atomic mass is 35.5. The molecule has 2 aromatic carbocycles. The second-order valence-corrected chi connectivity index (χ2v) is 5.71. The number of halogens is 4. The monoisotopic (exact) mass is 378 g/mol. The molecule has 0 aliphatic rings. The van der Waals surface area contributed by atoms with Crippen molar-refractivity contribution < 1.29 is 13.2 Å². The van der Waals surface area contributed by atoms with Gasteiger partial charge in [-0.25, -0.2) is 9.67 Å². The fraction of sp³-hybridized carbons (Fsp3) is 0.111. The molecule has 8 heteroatoms. The first kappa shape index (κ1) is 18.0. The molecule has 2 N–H and O–H groups in total. The van der Waals surface area contributed by atoms with Gasteiger partial charge in [0.1, 0.15) is 5.84 Å². The summed E-state index contributed by atoms with van der Waals surface area (Å²) in [6, 6.07) is 16.3. The summed E-state index contributed by atoms with van der Waals surface area (Å²) >= 11 is 5.59. The van der Waals surface area contributed by atoms with E-state index >= 15 is 0 Å². The van der Waals surface area contributed by atoms with Gasteiger partial charge in [-0.1, -0.05) is 30.3 Å². The van der Waals surface area contributed by atoms with Crippen LogP contribution in [0.3, 0.4) is 0 Å². The van der Waals surface area contributed by atoms with Crippen LogP contribution < -0.4 is 5.73 Å². The molecule has 0 atom stereocenters. The lowest BCUT2D eigenvalue weighted by Gasteiger charge is -2.08. The zero-order valence-electron chi connectivity index (χ0n) is 13.4. The molecule has 0 saturated heterocycles. The molecule has 0 aliphatic heterocycles. The average Bonchev–Trinajstić information content (AvgIpc) is 3.09. The quantitative estimate of drug-likeness (QED) is 0.403. The van der Waals surface area contributed by atoms with Gasteiger partial charge in [0.25, 0.3) is 0 Å². The molecule has 3 rings (SSSR count). The minimum Gasteiger partial charge on any atom is -0.386 e. The van der Waals surface area contributed by atoms with Gasteiger partial charge in [0.15, 0.2) is 5.69 Å². The van der Waals surface area contributed by atoms with Crippen molar-refractivity contribution in [1.82, 2.24) is 9.78 Å². The first-order valence-electron chi connectivity index (χ1n) is 7.60. The minimum absolute atomic E-state index is 0.0947. The summed E-state index contributed by atoms with van der Waals surface area (Å²) in [4.78, 5) is 4.10. The van der Waals surface area contributed by atoms with Crippen LogP contribution in [-0.4, -0.2) is 21.5 Å². The molecule has 26 heavy (non-hydrogen) atoms. The minimum atomic E-state index is -4.53. The smallest absolute Gasteiger partial charge is 0.386 e. The molecular formula is C18H14ClF3N4. The second kappa shape index (κ2) is 7.21. The van der Waals surface area contributed by atoms with Gasteiger partial charge in [-0.3, -0.25) is 0 Å². The Hall–Kier alpha value is -2.80. The van der Waals surface area contributed by atoms with Crippen molar-refractivity contribution in [3.8, 4) is 16.9 Å². The first-order valence-corrected chi connectivity index (χ1v) is 8.14. The highest BCUT2D eigenvalue weighted by molar-refractivity contribution is 6.28. The number of aliphatic imine (C=N–C) groups is 1. The third kappa shape index (κ3) is 3.88. The molecule has 0 saturated carbocycles. The Kier molecular flexibility index (Phi) is 4.99. The van der Waals surface area contributed by atoms with Gasteiger partial charge in [0.05, 0.1) is 22.9 Å². The lowest BCUT2D eigenvalue weighted by atomic mass is 10.1. The summed E-state index contributed by atoms with van der Waals surface area (Å²) in [5.41, 5.74) is 6.62. The molecule has 0 amide bonds. The maximum atomic E-state index is 13.1. The van der Waals surface area contributed by atoms with Crippen LogP contribution in [0.4, 0.5) is 18.9 Å². The van der Waals surface area contributed by atoms with Crippen molar-refractivity contribution in [2.75, 3.05) is 5.88 Å². The summed E-state index contributed by atoms with van der Waals surface area (Å²) in [5.74, 6) is 0.352. The fourth-order valence-corrected chi connectivity index (χ4v) is 2.45. The largest absolute Gasteiger partial charge is 0.435 e. The number of para-hydroxylation sites is 1. The maximum absolute atomic E-state index is 13.1. The van der Waals surface area contributed by atoms with Crippen molar-refractivity contribution in [3.05, 3.63) is 66.4 Å². The topological polar surface area (TPSA) is 56.2 Å². The lowest BCUT2D eigenvalue weighted by Crippen LogP contribution is -2.12. The van der Waals surface area contributed by atoms with Gasteiger partial charge in [0, 0.05) is 5.56 Å². The summed E-state index contributed by atoms with van der Waals surface area (Å²) < 4.78 is 40.7. The third-order valence-electron chi connectivity index (χ3n) is 3.57. The van der Waals surface area contributed by atoms with Crippen LogP contribution in [0.5, 0.6) is 0 Å². The van der Waals surface area contributed by atoms with Crippen LogP contribution in [0.1, 0.15) is 5.69 Å². The first-order chi connectivity index (χ1) is 12.4. The van der Waals surface area contributed by atoms with Crippen molar-refractivity contribution in [1.29, 1.82) is 0 Å². The van der Waals surface area contributed by atoms with E-state index in [1.807, 2.05) is 0 Å². The van der Waals surface area contributed by atoms with Gasteiger partial charge in [-0.2, -0.15) is 18.3 Å². The van der Waals surface area contributed by atoms with Gasteiger partial charge in [-0.05, 0) is 30.3 Å². The second-order valence-electron chi connectivity index (χ2n) is 5.44. The number of nitrogens with two attached hydrogens (primary N) is 1. The lowest BCUT2D eigenvalue weighted by molar-refractivity contribution is -0.141. The molecule has 4 nitrogen and oxygen atoms in total. The average molecular weight is 379 g/mol. The Bertz CT molecular complexity index is 916. The predicted molar refractivity (Wildman–Crippen MR) is 96.0 cm³/mol. The Morgan fingerprint density at radius 1 is 1.08 bits per heavy atom. The Labute approximate surface area is 152 Å². The van der Waals surface area contributed by atoms with E-state index < -0.39 is 11.9 Å². The number of rotatable bonds is 4. The Morgan fingerprint density at radius 2 is 1.73 bits per heavy atom. The Balaban J connectivity index is 2.08. The molecule has 0 fully saturated rings. The van der Waals surface area contributed by atoms with Crippen LogP contribution in [0.25, 0.3) is 16.9 Å². The van der Waals surface area contributed by atoms with Gasteiger partial charge in [0.2, 0.25) is 0 Å². The van der Waals surface area contributed by atoms with Crippen LogP contribution in [0, 0.1) is 0 Å². The summed E-state index contributed by atoms with van der Waals surface area (Å²) in [6.07, 6.45) is -4.53. The number of hydrogen-bond acceptors (Lipinski definition) is 2. The van der Waals surface area contributed by atoms with Crippen LogP contribution >= 0.6 is 11.6 Å². The van der Waals surface area contributed by atoms with E-state index in [0.29, 0.717) is 22.6 Å². The van der Waals surface area contributed by atoms with E-state index in [2.05, 4.69) is 10.1 Å². The predicted octanol–water partition coefficient (Wildman–Crippen LogP) is 4.79. The fourth-order valence-electron chi connectivity index (χ4n) is 2.39. The van der Waals surface area contributed by atoms with Crippen LogP contribution in [0.2, 0.25) is 0 Å². The van der Waals surface area contributed by atoms with E-state index in [1.165, 1.54) is 4.68 Å². The molecule has 0 spiro atoms.